The van der Waals surface area contributed by atoms with Gasteiger partial charge in [-0.2, -0.15) is 0 Å². The van der Waals surface area contributed by atoms with Crippen molar-refractivity contribution >= 4 is 15.7 Å². The molecule has 1 saturated heterocycles. The SMILES string of the molecule is O=C(CCS(=O)(=O)c1ccccc1)N1CC[C@@H](n2cc(C3CC3)nn2)C1. The van der Waals surface area contributed by atoms with Crippen LogP contribution in [0.2, 0.25) is 0 Å². The van der Waals surface area contributed by atoms with Crippen LogP contribution in [0.4, 0.5) is 0 Å². The molecule has 138 valence electrons. The van der Waals surface area contributed by atoms with Crippen molar-refractivity contribution in [3.05, 3.63) is 42.2 Å². The second-order valence-corrected chi connectivity index (χ2v) is 9.17. The topological polar surface area (TPSA) is 85.2 Å². The third-order valence-electron chi connectivity index (χ3n) is 5.10. The van der Waals surface area contributed by atoms with E-state index in [-0.39, 0.29) is 29.0 Å². The van der Waals surface area contributed by atoms with Crippen LogP contribution in [0.5, 0.6) is 0 Å². The van der Waals surface area contributed by atoms with Crippen LogP contribution < -0.4 is 0 Å². The smallest absolute Gasteiger partial charge is 0.223 e. The van der Waals surface area contributed by atoms with Crippen molar-refractivity contribution < 1.29 is 13.2 Å². The van der Waals surface area contributed by atoms with E-state index in [9.17, 15) is 13.2 Å². The van der Waals surface area contributed by atoms with Crippen LogP contribution in [0, 0.1) is 0 Å². The van der Waals surface area contributed by atoms with Crippen molar-refractivity contribution in [1.82, 2.24) is 19.9 Å². The van der Waals surface area contributed by atoms with Gasteiger partial charge in [-0.25, -0.2) is 13.1 Å². The Balaban J connectivity index is 1.32. The van der Waals surface area contributed by atoms with E-state index in [1.165, 1.54) is 12.8 Å². The number of aromatic nitrogens is 3. The van der Waals surface area contributed by atoms with E-state index in [0.29, 0.717) is 19.0 Å². The molecule has 8 heteroatoms. The zero-order valence-corrected chi connectivity index (χ0v) is 15.3. The lowest BCUT2D eigenvalue weighted by atomic mass is 10.2. The fourth-order valence-corrected chi connectivity index (χ4v) is 4.60. The quantitative estimate of drug-likeness (QED) is 0.770. The molecule has 0 unspecified atom stereocenters. The molecule has 4 rings (SSSR count). The molecule has 0 N–H and O–H groups in total. The van der Waals surface area contributed by atoms with E-state index >= 15 is 0 Å². The van der Waals surface area contributed by atoms with Gasteiger partial charge in [0.1, 0.15) is 0 Å². The highest BCUT2D eigenvalue weighted by molar-refractivity contribution is 7.91. The highest BCUT2D eigenvalue weighted by Gasteiger charge is 2.31. The van der Waals surface area contributed by atoms with Gasteiger partial charge in [-0.05, 0) is 31.4 Å². The monoisotopic (exact) mass is 374 g/mol. The lowest BCUT2D eigenvalue weighted by Crippen LogP contribution is -2.30. The predicted octanol–water partition coefficient (Wildman–Crippen LogP) is 1.79. The van der Waals surface area contributed by atoms with Crippen LogP contribution in [0.15, 0.2) is 41.4 Å². The summed E-state index contributed by atoms with van der Waals surface area (Å²) < 4.78 is 26.5. The number of sulfone groups is 1. The third-order valence-corrected chi connectivity index (χ3v) is 6.83. The highest BCUT2D eigenvalue weighted by atomic mass is 32.2. The van der Waals surface area contributed by atoms with Crippen LogP contribution in [0.3, 0.4) is 0 Å². The van der Waals surface area contributed by atoms with Crippen molar-refractivity contribution in [2.75, 3.05) is 18.8 Å². The zero-order chi connectivity index (χ0) is 18.1. The molecule has 1 amide bonds. The van der Waals surface area contributed by atoms with Gasteiger partial charge in [0.2, 0.25) is 5.91 Å². The van der Waals surface area contributed by atoms with E-state index in [0.717, 1.165) is 12.1 Å². The number of carbonyl (C=O) groups excluding carboxylic acids is 1. The molecule has 0 spiro atoms. The average molecular weight is 374 g/mol. The summed E-state index contributed by atoms with van der Waals surface area (Å²) in [4.78, 5) is 14.4. The Hall–Kier alpha value is -2.22. The normalized spacial score (nSPS) is 20.5. The second-order valence-electron chi connectivity index (χ2n) is 7.06. The fraction of sp³-hybridized carbons (Fsp3) is 0.500. The minimum absolute atomic E-state index is 0.00856. The van der Waals surface area contributed by atoms with Gasteiger partial charge in [0.15, 0.2) is 9.84 Å². The first-order valence-electron chi connectivity index (χ1n) is 9.00. The predicted molar refractivity (Wildman–Crippen MR) is 95.3 cm³/mol. The van der Waals surface area contributed by atoms with Gasteiger partial charge in [0, 0.05) is 31.6 Å². The first-order chi connectivity index (χ1) is 12.5. The molecular weight excluding hydrogens is 352 g/mol. The number of carbonyl (C=O) groups is 1. The van der Waals surface area contributed by atoms with Crippen molar-refractivity contribution in [1.29, 1.82) is 0 Å². The summed E-state index contributed by atoms with van der Waals surface area (Å²) >= 11 is 0. The van der Waals surface area contributed by atoms with E-state index in [2.05, 4.69) is 10.3 Å². The van der Waals surface area contributed by atoms with Crippen molar-refractivity contribution in [3.8, 4) is 0 Å². The van der Waals surface area contributed by atoms with Gasteiger partial charge in [-0.1, -0.05) is 23.4 Å². The Labute approximate surface area is 152 Å². The Bertz CT molecular complexity index is 890. The molecule has 0 bridgehead atoms. The molecule has 2 aliphatic rings. The maximum atomic E-state index is 12.4. The van der Waals surface area contributed by atoms with Crippen molar-refractivity contribution in [3.63, 3.8) is 0 Å². The number of nitrogens with zero attached hydrogens (tertiary/aromatic N) is 4. The summed E-state index contributed by atoms with van der Waals surface area (Å²) in [5.74, 6) is 0.284. The Kier molecular flexibility index (Phi) is 4.52. The van der Waals surface area contributed by atoms with E-state index in [1.807, 2.05) is 10.9 Å². The Morgan fingerprint density at radius 2 is 1.92 bits per heavy atom. The molecule has 2 aromatic rings. The van der Waals surface area contributed by atoms with Gasteiger partial charge in [0.05, 0.1) is 22.4 Å². The lowest BCUT2D eigenvalue weighted by molar-refractivity contribution is -0.129. The molecule has 26 heavy (non-hydrogen) atoms. The fourth-order valence-electron chi connectivity index (χ4n) is 3.34. The molecule has 1 atom stereocenters. The average Bonchev–Trinajstić information content (AvgIpc) is 3.19. The number of benzene rings is 1. The van der Waals surface area contributed by atoms with Crippen molar-refractivity contribution in [2.24, 2.45) is 0 Å². The largest absolute Gasteiger partial charge is 0.340 e. The maximum absolute atomic E-state index is 12.4. The third kappa shape index (κ3) is 3.65. The van der Waals surface area contributed by atoms with Crippen LogP contribution in [-0.2, 0) is 14.6 Å². The molecule has 1 saturated carbocycles. The van der Waals surface area contributed by atoms with Gasteiger partial charge in [-0.3, -0.25) is 4.79 Å². The molecule has 1 aromatic heterocycles. The van der Waals surface area contributed by atoms with Crippen LogP contribution in [-0.4, -0.2) is 53.1 Å². The molecule has 2 fully saturated rings. The van der Waals surface area contributed by atoms with Gasteiger partial charge in [-0.15, -0.1) is 5.10 Å². The van der Waals surface area contributed by atoms with Crippen LogP contribution >= 0.6 is 0 Å². The number of hydrogen-bond acceptors (Lipinski definition) is 5. The summed E-state index contributed by atoms with van der Waals surface area (Å²) in [6.45, 7) is 1.20. The number of rotatable bonds is 6. The molecule has 0 radical (unpaired) electrons. The summed E-state index contributed by atoms with van der Waals surface area (Å²) in [7, 11) is -3.42. The standard InChI is InChI=1S/C18H22N4O3S/c23-18(9-11-26(24,25)16-4-2-1-3-5-16)21-10-8-15(12-21)22-13-17(19-20-22)14-6-7-14/h1-5,13-15H,6-12H2/t15-/m1/s1. The van der Waals surface area contributed by atoms with Crippen molar-refractivity contribution in [2.45, 2.75) is 42.5 Å². The first-order valence-corrected chi connectivity index (χ1v) is 10.7. The maximum Gasteiger partial charge on any atom is 0.223 e. The van der Waals surface area contributed by atoms with E-state index in [1.54, 1.807) is 35.2 Å². The first kappa shape index (κ1) is 17.2. The summed E-state index contributed by atoms with van der Waals surface area (Å²) in [5.41, 5.74) is 1.05. The number of likely N-dealkylation sites (tertiary alicyclic amines) is 1. The van der Waals surface area contributed by atoms with E-state index < -0.39 is 9.84 Å². The minimum Gasteiger partial charge on any atom is -0.340 e. The summed E-state index contributed by atoms with van der Waals surface area (Å²) in [6, 6.07) is 8.40. The zero-order valence-electron chi connectivity index (χ0n) is 14.5. The van der Waals surface area contributed by atoms with Gasteiger partial charge in [0.25, 0.3) is 0 Å². The van der Waals surface area contributed by atoms with E-state index in [4.69, 9.17) is 0 Å². The number of hydrogen-bond donors (Lipinski definition) is 0. The van der Waals surface area contributed by atoms with Gasteiger partial charge >= 0.3 is 0 Å². The molecule has 7 nitrogen and oxygen atoms in total. The minimum atomic E-state index is -3.42. The molecular formula is C18H22N4O3S. The molecule has 1 aliphatic heterocycles. The summed E-state index contributed by atoms with van der Waals surface area (Å²) in [6.07, 6.45) is 5.20. The Morgan fingerprint density at radius 3 is 2.65 bits per heavy atom. The molecule has 1 aromatic carbocycles. The van der Waals surface area contributed by atoms with Gasteiger partial charge < -0.3 is 4.90 Å². The molecule has 2 heterocycles. The lowest BCUT2D eigenvalue weighted by Gasteiger charge is -2.16. The highest BCUT2D eigenvalue weighted by Crippen LogP contribution is 2.39. The van der Waals surface area contributed by atoms with Crippen LogP contribution in [0.25, 0.3) is 0 Å². The molecule has 1 aliphatic carbocycles. The second kappa shape index (κ2) is 6.83. The Morgan fingerprint density at radius 1 is 1.15 bits per heavy atom. The number of amides is 1. The summed E-state index contributed by atoms with van der Waals surface area (Å²) in [5, 5.41) is 8.44. The van der Waals surface area contributed by atoms with Crippen LogP contribution in [0.1, 0.15) is 43.3 Å².